The molecule has 3 fully saturated rings. The molecule has 1 unspecified atom stereocenters. The van der Waals surface area contributed by atoms with Crippen molar-refractivity contribution in [2.24, 2.45) is 5.92 Å². The van der Waals surface area contributed by atoms with Crippen LogP contribution in [0.15, 0.2) is 0 Å². The SMILES string of the molecule is O=C(NC1(C(=O)O)CCC1)C1CCCN1C(=O)C1CC1. The predicted molar refractivity (Wildman–Crippen MR) is 69.8 cm³/mol. The first-order chi connectivity index (χ1) is 9.53. The molecule has 2 amide bonds. The van der Waals surface area contributed by atoms with Crippen LogP contribution in [0.1, 0.15) is 44.9 Å². The minimum atomic E-state index is -1.09. The van der Waals surface area contributed by atoms with Crippen molar-refractivity contribution in [3.05, 3.63) is 0 Å². The molecule has 0 aromatic heterocycles. The maximum atomic E-state index is 12.3. The molecule has 0 radical (unpaired) electrons. The molecule has 6 heteroatoms. The van der Waals surface area contributed by atoms with Gasteiger partial charge in [-0.3, -0.25) is 9.59 Å². The molecule has 110 valence electrons. The number of likely N-dealkylation sites (tertiary alicyclic amines) is 1. The Morgan fingerprint density at radius 3 is 2.30 bits per heavy atom. The number of nitrogens with zero attached hydrogens (tertiary/aromatic N) is 1. The first-order valence-electron chi connectivity index (χ1n) is 7.39. The number of nitrogens with one attached hydrogen (secondary N) is 1. The van der Waals surface area contributed by atoms with Gasteiger partial charge in [0.05, 0.1) is 0 Å². The van der Waals surface area contributed by atoms with Crippen LogP contribution in [0.4, 0.5) is 0 Å². The molecule has 2 saturated carbocycles. The maximum Gasteiger partial charge on any atom is 0.329 e. The van der Waals surface area contributed by atoms with Crippen LogP contribution in [0.5, 0.6) is 0 Å². The average Bonchev–Trinajstić information content (AvgIpc) is 3.09. The number of amides is 2. The Labute approximate surface area is 117 Å². The summed E-state index contributed by atoms with van der Waals surface area (Å²) in [5.74, 6) is -1.09. The zero-order chi connectivity index (χ0) is 14.3. The average molecular weight is 280 g/mol. The third kappa shape index (κ3) is 2.17. The van der Waals surface area contributed by atoms with Crippen LogP contribution in [-0.4, -0.2) is 45.9 Å². The van der Waals surface area contributed by atoms with Gasteiger partial charge in [0.2, 0.25) is 11.8 Å². The largest absolute Gasteiger partial charge is 0.480 e. The molecule has 2 aliphatic carbocycles. The number of carbonyl (C=O) groups is 3. The van der Waals surface area contributed by atoms with Crippen LogP contribution in [-0.2, 0) is 14.4 Å². The highest BCUT2D eigenvalue weighted by Gasteiger charge is 2.48. The number of carboxylic acids is 1. The zero-order valence-corrected chi connectivity index (χ0v) is 11.4. The van der Waals surface area contributed by atoms with E-state index in [1.807, 2.05) is 0 Å². The second-order valence-corrected chi connectivity index (χ2v) is 6.19. The van der Waals surface area contributed by atoms with Crippen LogP contribution in [0.25, 0.3) is 0 Å². The summed E-state index contributed by atoms with van der Waals surface area (Å²) in [4.78, 5) is 37.4. The lowest BCUT2D eigenvalue weighted by molar-refractivity contribution is -0.153. The summed E-state index contributed by atoms with van der Waals surface area (Å²) in [5.41, 5.74) is -1.09. The molecule has 1 aliphatic heterocycles. The van der Waals surface area contributed by atoms with Crippen molar-refractivity contribution in [2.75, 3.05) is 6.54 Å². The quantitative estimate of drug-likeness (QED) is 0.785. The Bertz CT molecular complexity index is 454. The molecular weight excluding hydrogens is 260 g/mol. The van der Waals surface area contributed by atoms with Gasteiger partial charge >= 0.3 is 5.97 Å². The zero-order valence-electron chi connectivity index (χ0n) is 11.4. The molecule has 2 N–H and O–H groups in total. The highest BCUT2D eigenvalue weighted by Crippen LogP contribution is 2.35. The van der Waals surface area contributed by atoms with Crippen molar-refractivity contribution in [3.63, 3.8) is 0 Å². The smallest absolute Gasteiger partial charge is 0.329 e. The number of aliphatic carboxylic acids is 1. The van der Waals surface area contributed by atoms with E-state index in [0.29, 0.717) is 25.8 Å². The van der Waals surface area contributed by atoms with Gasteiger partial charge < -0.3 is 15.3 Å². The van der Waals surface area contributed by atoms with Crippen molar-refractivity contribution in [2.45, 2.75) is 56.5 Å². The minimum Gasteiger partial charge on any atom is -0.480 e. The normalized spacial score (nSPS) is 27.8. The molecule has 0 bridgehead atoms. The van der Waals surface area contributed by atoms with E-state index in [-0.39, 0.29) is 17.7 Å². The van der Waals surface area contributed by atoms with Crippen LogP contribution < -0.4 is 5.32 Å². The van der Waals surface area contributed by atoms with Crippen LogP contribution >= 0.6 is 0 Å². The van der Waals surface area contributed by atoms with Crippen molar-refractivity contribution in [1.82, 2.24) is 10.2 Å². The fraction of sp³-hybridized carbons (Fsp3) is 0.786. The van der Waals surface area contributed by atoms with Crippen LogP contribution in [0, 0.1) is 5.92 Å². The number of rotatable bonds is 4. The lowest BCUT2D eigenvalue weighted by Crippen LogP contribution is -2.62. The monoisotopic (exact) mass is 280 g/mol. The van der Waals surface area contributed by atoms with E-state index >= 15 is 0 Å². The Balaban J connectivity index is 1.66. The van der Waals surface area contributed by atoms with Gasteiger partial charge in [-0.1, -0.05) is 0 Å². The highest BCUT2D eigenvalue weighted by molar-refractivity contribution is 5.93. The van der Waals surface area contributed by atoms with Gasteiger partial charge in [0.15, 0.2) is 0 Å². The van der Waals surface area contributed by atoms with Gasteiger partial charge in [0.1, 0.15) is 11.6 Å². The van der Waals surface area contributed by atoms with Crippen LogP contribution in [0.3, 0.4) is 0 Å². The lowest BCUT2D eigenvalue weighted by Gasteiger charge is -2.39. The molecule has 1 heterocycles. The number of hydrogen-bond acceptors (Lipinski definition) is 3. The standard InChI is InChI=1S/C14H20N2O4/c17-11(15-14(13(19)20)6-2-7-14)10-3-1-8-16(10)12(18)9-4-5-9/h9-10H,1-8H2,(H,15,17)(H,19,20). The summed E-state index contributed by atoms with van der Waals surface area (Å²) in [6, 6.07) is -0.472. The van der Waals surface area contributed by atoms with Crippen molar-refractivity contribution < 1.29 is 19.5 Å². The highest BCUT2D eigenvalue weighted by atomic mass is 16.4. The van der Waals surface area contributed by atoms with Gasteiger partial charge in [-0.2, -0.15) is 0 Å². The minimum absolute atomic E-state index is 0.0700. The molecule has 3 rings (SSSR count). The van der Waals surface area contributed by atoms with Gasteiger partial charge in [-0.25, -0.2) is 4.79 Å². The molecular formula is C14H20N2O4. The van der Waals surface area contributed by atoms with Gasteiger partial charge in [-0.15, -0.1) is 0 Å². The van der Waals surface area contributed by atoms with E-state index in [2.05, 4.69) is 5.32 Å². The van der Waals surface area contributed by atoms with E-state index in [9.17, 15) is 19.5 Å². The van der Waals surface area contributed by atoms with Crippen molar-refractivity contribution >= 4 is 17.8 Å². The van der Waals surface area contributed by atoms with E-state index < -0.39 is 17.6 Å². The summed E-state index contributed by atoms with van der Waals surface area (Å²) in [7, 11) is 0. The Hall–Kier alpha value is -1.59. The number of carboxylic acid groups (broad SMARTS) is 1. The molecule has 0 aromatic rings. The molecule has 3 aliphatic rings. The summed E-state index contributed by atoms with van der Waals surface area (Å²) in [6.45, 7) is 0.619. The second-order valence-electron chi connectivity index (χ2n) is 6.19. The molecule has 1 atom stereocenters. The van der Waals surface area contributed by atoms with E-state index in [4.69, 9.17) is 0 Å². The van der Waals surface area contributed by atoms with Gasteiger partial charge in [-0.05, 0) is 44.9 Å². The van der Waals surface area contributed by atoms with Gasteiger partial charge in [0.25, 0.3) is 0 Å². The summed E-state index contributed by atoms with van der Waals surface area (Å²) in [6.07, 6.45) is 5.08. The molecule has 20 heavy (non-hydrogen) atoms. The van der Waals surface area contributed by atoms with Crippen LogP contribution in [0.2, 0.25) is 0 Å². The molecule has 0 spiro atoms. The summed E-state index contributed by atoms with van der Waals surface area (Å²) >= 11 is 0. The topological polar surface area (TPSA) is 86.7 Å². The van der Waals surface area contributed by atoms with Gasteiger partial charge in [0, 0.05) is 12.5 Å². The fourth-order valence-electron chi connectivity index (χ4n) is 3.11. The number of hydrogen-bond donors (Lipinski definition) is 2. The second kappa shape index (κ2) is 4.75. The fourth-order valence-corrected chi connectivity index (χ4v) is 3.11. The molecule has 6 nitrogen and oxygen atoms in total. The van der Waals surface area contributed by atoms with Crippen molar-refractivity contribution in [3.8, 4) is 0 Å². The maximum absolute atomic E-state index is 12.3. The lowest BCUT2D eigenvalue weighted by atomic mass is 9.76. The Morgan fingerprint density at radius 1 is 1.10 bits per heavy atom. The molecule has 0 aromatic carbocycles. The predicted octanol–water partition coefficient (Wildman–Crippen LogP) is 0.511. The first kappa shape index (κ1) is 13.4. The van der Waals surface area contributed by atoms with E-state index in [1.165, 1.54) is 0 Å². The van der Waals surface area contributed by atoms with Crippen molar-refractivity contribution in [1.29, 1.82) is 0 Å². The Kier molecular flexibility index (Phi) is 3.18. The molecule has 1 saturated heterocycles. The Morgan fingerprint density at radius 2 is 1.80 bits per heavy atom. The third-order valence-corrected chi connectivity index (χ3v) is 4.74. The summed E-state index contributed by atoms with van der Waals surface area (Å²) in [5, 5.41) is 11.9. The third-order valence-electron chi connectivity index (χ3n) is 4.74. The first-order valence-corrected chi connectivity index (χ1v) is 7.39. The summed E-state index contributed by atoms with van der Waals surface area (Å²) < 4.78 is 0. The van der Waals surface area contributed by atoms with E-state index in [0.717, 1.165) is 25.7 Å². The number of carbonyl (C=O) groups excluding carboxylic acids is 2. The van der Waals surface area contributed by atoms with E-state index in [1.54, 1.807) is 4.90 Å².